The molecule has 2 amide bonds. The highest BCUT2D eigenvalue weighted by molar-refractivity contribution is 5.96. The summed E-state index contributed by atoms with van der Waals surface area (Å²) >= 11 is 0. The summed E-state index contributed by atoms with van der Waals surface area (Å²) in [6.07, 6.45) is 0.801. The molecule has 1 aromatic carbocycles. The number of ketones is 1. The standard InChI is InChI=1S/C14H17N3O3/c15-11-3-1-10(2-4-11)14(20)16-9-13(19)17-7-5-12(18)6-8-17/h1-4H,5-9,15H2,(H,16,20). The maximum Gasteiger partial charge on any atom is 0.251 e. The van der Waals surface area contributed by atoms with Gasteiger partial charge in [0.15, 0.2) is 0 Å². The lowest BCUT2D eigenvalue weighted by atomic mass is 10.1. The Morgan fingerprint density at radius 2 is 1.75 bits per heavy atom. The van der Waals surface area contributed by atoms with Crippen molar-refractivity contribution in [3.8, 4) is 0 Å². The average Bonchev–Trinajstić information content (AvgIpc) is 2.46. The number of likely N-dealkylation sites (tertiary alicyclic amines) is 1. The number of amides is 2. The Bertz CT molecular complexity index is 515. The first-order valence-corrected chi connectivity index (χ1v) is 6.49. The number of piperidine rings is 1. The molecule has 1 aliphatic rings. The SMILES string of the molecule is Nc1ccc(C(=O)NCC(=O)N2CCC(=O)CC2)cc1. The minimum absolute atomic E-state index is 0.0581. The normalized spacial score (nSPS) is 15.0. The number of Topliss-reactive ketones (excluding diaryl/α,β-unsaturated/α-hetero) is 1. The van der Waals surface area contributed by atoms with Crippen LogP contribution >= 0.6 is 0 Å². The highest BCUT2D eigenvalue weighted by Crippen LogP contribution is 2.07. The molecule has 0 bridgehead atoms. The number of anilines is 1. The number of carbonyl (C=O) groups is 3. The Hall–Kier alpha value is -2.37. The molecular formula is C14H17N3O3. The Kier molecular flexibility index (Phi) is 4.34. The number of nitrogen functional groups attached to an aromatic ring is 1. The molecule has 1 heterocycles. The monoisotopic (exact) mass is 275 g/mol. The van der Waals surface area contributed by atoms with Gasteiger partial charge >= 0.3 is 0 Å². The van der Waals surface area contributed by atoms with Crippen LogP contribution in [-0.4, -0.2) is 42.1 Å². The second-order valence-electron chi connectivity index (χ2n) is 4.72. The summed E-state index contributed by atoms with van der Waals surface area (Å²) in [5, 5.41) is 2.57. The minimum Gasteiger partial charge on any atom is -0.399 e. The molecule has 20 heavy (non-hydrogen) atoms. The quantitative estimate of drug-likeness (QED) is 0.770. The molecule has 0 aromatic heterocycles. The van der Waals surface area contributed by atoms with Gasteiger partial charge in [-0.2, -0.15) is 0 Å². The predicted octanol–water partition coefficient (Wildman–Crippen LogP) is 0.190. The van der Waals surface area contributed by atoms with E-state index < -0.39 is 0 Å². The second kappa shape index (κ2) is 6.18. The fraction of sp³-hybridized carbons (Fsp3) is 0.357. The van der Waals surface area contributed by atoms with Crippen molar-refractivity contribution in [2.24, 2.45) is 0 Å². The van der Waals surface area contributed by atoms with Gasteiger partial charge in [-0.25, -0.2) is 0 Å². The maximum absolute atomic E-state index is 11.9. The maximum atomic E-state index is 11.9. The van der Waals surface area contributed by atoms with Gasteiger partial charge in [0.05, 0.1) is 6.54 Å². The van der Waals surface area contributed by atoms with Crippen molar-refractivity contribution in [2.45, 2.75) is 12.8 Å². The Labute approximate surface area is 116 Å². The van der Waals surface area contributed by atoms with Crippen LogP contribution < -0.4 is 11.1 Å². The molecule has 1 aromatic rings. The molecule has 0 aliphatic carbocycles. The van der Waals surface area contributed by atoms with Gasteiger partial charge in [-0.3, -0.25) is 14.4 Å². The largest absolute Gasteiger partial charge is 0.399 e. The van der Waals surface area contributed by atoms with Crippen LogP contribution in [0.15, 0.2) is 24.3 Å². The third-order valence-corrected chi connectivity index (χ3v) is 3.25. The van der Waals surface area contributed by atoms with Gasteiger partial charge < -0.3 is 16.0 Å². The molecule has 1 saturated heterocycles. The van der Waals surface area contributed by atoms with Crippen molar-refractivity contribution in [1.29, 1.82) is 0 Å². The Balaban J connectivity index is 1.82. The van der Waals surface area contributed by atoms with Gasteiger partial charge in [0.1, 0.15) is 5.78 Å². The van der Waals surface area contributed by atoms with Gasteiger partial charge in [0, 0.05) is 37.2 Å². The number of nitrogens with zero attached hydrogens (tertiary/aromatic N) is 1. The topological polar surface area (TPSA) is 92.5 Å². The summed E-state index contributed by atoms with van der Waals surface area (Å²) < 4.78 is 0. The molecule has 0 radical (unpaired) electrons. The van der Waals surface area contributed by atoms with Crippen LogP contribution in [0.2, 0.25) is 0 Å². The van der Waals surface area contributed by atoms with Crippen molar-refractivity contribution in [3.63, 3.8) is 0 Å². The van der Waals surface area contributed by atoms with E-state index in [0.717, 1.165) is 0 Å². The molecule has 0 spiro atoms. The lowest BCUT2D eigenvalue weighted by Gasteiger charge is -2.26. The Morgan fingerprint density at radius 3 is 2.35 bits per heavy atom. The van der Waals surface area contributed by atoms with Crippen LogP contribution in [0.1, 0.15) is 23.2 Å². The molecular weight excluding hydrogens is 258 g/mol. The summed E-state index contributed by atoms with van der Waals surface area (Å²) in [7, 11) is 0. The molecule has 1 aliphatic heterocycles. The summed E-state index contributed by atoms with van der Waals surface area (Å²) in [5.74, 6) is -0.298. The Morgan fingerprint density at radius 1 is 1.15 bits per heavy atom. The van der Waals surface area contributed by atoms with Gasteiger partial charge in [-0.05, 0) is 24.3 Å². The van der Waals surface area contributed by atoms with E-state index in [1.807, 2.05) is 0 Å². The van der Waals surface area contributed by atoms with E-state index in [9.17, 15) is 14.4 Å². The zero-order chi connectivity index (χ0) is 14.5. The first kappa shape index (κ1) is 14.0. The van der Waals surface area contributed by atoms with Gasteiger partial charge in [-0.15, -0.1) is 0 Å². The van der Waals surface area contributed by atoms with Crippen LogP contribution in [0.4, 0.5) is 5.69 Å². The van der Waals surface area contributed by atoms with Crippen LogP contribution in [0.3, 0.4) is 0 Å². The molecule has 0 atom stereocenters. The van der Waals surface area contributed by atoms with Gasteiger partial charge in [0.25, 0.3) is 5.91 Å². The zero-order valence-electron chi connectivity index (χ0n) is 11.1. The third-order valence-electron chi connectivity index (χ3n) is 3.25. The van der Waals surface area contributed by atoms with E-state index in [1.54, 1.807) is 29.2 Å². The van der Waals surface area contributed by atoms with Gasteiger partial charge in [-0.1, -0.05) is 0 Å². The van der Waals surface area contributed by atoms with Crippen molar-refractivity contribution < 1.29 is 14.4 Å². The van der Waals surface area contributed by atoms with Crippen LogP contribution in [0.5, 0.6) is 0 Å². The predicted molar refractivity (Wildman–Crippen MR) is 74.0 cm³/mol. The lowest BCUT2D eigenvalue weighted by Crippen LogP contribution is -2.44. The van der Waals surface area contributed by atoms with Crippen molar-refractivity contribution in [1.82, 2.24) is 10.2 Å². The fourth-order valence-electron chi connectivity index (χ4n) is 2.01. The van der Waals surface area contributed by atoms with E-state index in [2.05, 4.69) is 5.32 Å². The fourth-order valence-corrected chi connectivity index (χ4v) is 2.01. The number of carbonyl (C=O) groups excluding carboxylic acids is 3. The molecule has 6 nitrogen and oxygen atoms in total. The molecule has 6 heteroatoms. The zero-order valence-corrected chi connectivity index (χ0v) is 11.1. The van der Waals surface area contributed by atoms with Crippen LogP contribution in [-0.2, 0) is 9.59 Å². The highest BCUT2D eigenvalue weighted by atomic mass is 16.2. The second-order valence-corrected chi connectivity index (χ2v) is 4.72. The minimum atomic E-state index is -0.313. The van der Waals surface area contributed by atoms with E-state index in [1.165, 1.54) is 0 Å². The first-order valence-electron chi connectivity index (χ1n) is 6.49. The summed E-state index contributed by atoms with van der Waals surface area (Å²) in [6, 6.07) is 6.48. The highest BCUT2D eigenvalue weighted by Gasteiger charge is 2.20. The van der Waals surface area contributed by atoms with Crippen molar-refractivity contribution in [2.75, 3.05) is 25.4 Å². The van der Waals surface area contributed by atoms with E-state index >= 15 is 0 Å². The van der Waals surface area contributed by atoms with Crippen molar-refractivity contribution >= 4 is 23.3 Å². The summed E-state index contributed by atoms with van der Waals surface area (Å²) in [4.78, 5) is 36.4. The van der Waals surface area contributed by atoms with Gasteiger partial charge in [0.2, 0.25) is 5.91 Å². The van der Waals surface area contributed by atoms with Crippen molar-refractivity contribution in [3.05, 3.63) is 29.8 Å². The number of nitrogens with one attached hydrogen (secondary N) is 1. The molecule has 0 saturated carbocycles. The van der Waals surface area contributed by atoms with E-state index in [-0.39, 0.29) is 24.1 Å². The molecule has 2 rings (SSSR count). The lowest BCUT2D eigenvalue weighted by molar-refractivity contribution is -0.133. The first-order chi connectivity index (χ1) is 9.56. The number of benzene rings is 1. The molecule has 106 valence electrons. The van der Waals surface area contributed by atoms with Crippen LogP contribution in [0.25, 0.3) is 0 Å². The molecule has 1 fully saturated rings. The summed E-state index contributed by atoms with van der Waals surface area (Å²) in [5.41, 5.74) is 6.58. The number of nitrogens with two attached hydrogens (primary N) is 1. The smallest absolute Gasteiger partial charge is 0.251 e. The molecule has 3 N–H and O–H groups in total. The average molecular weight is 275 g/mol. The molecule has 0 unspecified atom stereocenters. The summed E-state index contributed by atoms with van der Waals surface area (Å²) in [6.45, 7) is 0.822. The number of hydrogen-bond donors (Lipinski definition) is 2. The van der Waals surface area contributed by atoms with E-state index in [0.29, 0.717) is 37.2 Å². The third kappa shape index (κ3) is 3.57. The number of rotatable bonds is 3. The van der Waals surface area contributed by atoms with E-state index in [4.69, 9.17) is 5.73 Å². The van der Waals surface area contributed by atoms with Crippen LogP contribution in [0, 0.1) is 0 Å². The number of hydrogen-bond acceptors (Lipinski definition) is 4.